The van der Waals surface area contributed by atoms with Crippen LogP contribution in [0.15, 0.2) is 28.3 Å². The monoisotopic (exact) mass is 321 g/mol. The summed E-state index contributed by atoms with van der Waals surface area (Å²) in [5.41, 5.74) is 0.405. The quantitative estimate of drug-likeness (QED) is 0.539. The van der Waals surface area contributed by atoms with Crippen LogP contribution in [0.2, 0.25) is 0 Å². The van der Waals surface area contributed by atoms with E-state index in [0.29, 0.717) is 32.6 Å². The number of fused-ring (bicyclic) bond motifs is 1. The molecule has 3 rings (SSSR count). The smallest absolute Gasteiger partial charge is 0.273 e. The van der Waals surface area contributed by atoms with E-state index < -0.39 is 0 Å². The van der Waals surface area contributed by atoms with Crippen LogP contribution in [-0.4, -0.2) is 24.3 Å². The van der Waals surface area contributed by atoms with E-state index >= 15 is 0 Å². The molecular weight excluding hydrogens is 310 g/mol. The molecule has 3 aromatic rings. The second-order valence-electron chi connectivity index (χ2n) is 4.33. The van der Waals surface area contributed by atoms with Gasteiger partial charge in [0, 0.05) is 6.54 Å². The topological polar surface area (TPSA) is 78.7 Å². The second-order valence-corrected chi connectivity index (χ2v) is 5.98. The highest BCUT2D eigenvalue weighted by Gasteiger charge is 2.13. The highest BCUT2D eigenvalue weighted by Crippen LogP contribution is 2.17. The van der Waals surface area contributed by atoms with Crippen molar-refractivity contribution in [3.63, 3.8) is 0 Å². The molecule has 9 heteroatoms. The normalized spacial score (nSPS) is 11.1. The molecule has 0 aliphatic carbocycles. The molecule has 21 heavy (non-hydrogen) atoms. The first kappa shape index (κ1) is 13.8. The summed E-state index contributed by atoms with van der Waals surface area (Å²) in [6, 6.07) is 0. The van der Waals surface area contributed by atoms with Gasteiger partial charge in [0.05, 0.1) is 0 Å². The maximum atomic E-state index is 12.5. The fourth-order valence-corrected chi connectivity index (χ4v) is 3.24. The van der Waals surface area contributed by atoms with Gasteiger partial charge in [-0.05, 0) is 19.1 Å². The number of thiazole rings is 1. The number of hydrogen-bond donors (Lipinski definition) is 0. The largest absolute Gasteiger partial charge is 0.337 e. The summed E-state index contributed by atoms with van der Waals surface area (Å²) in [5.74, 6) is 0.893. The fourth-order valence-electron chi connectivity index (χ4n) is 1.92. The summed E-state index contributed by atoms with van der Waals surface area (Å²) in [6.45, 7) is 6.12. The zero-order valence-corrected chi connectivity index (χ0v) is 12.8. The SMILES string of the molecule is C=CCn1c(=S)sc2c(=O)n(Cc3nc(C)no3)cnc21. The van der Waals surface area contributed by atoms with Crippen LogP contribution in [0.1, 0.15) is 11.7 Å². The molecule has 3 aromatic heterocycles. The van der Waals surface area contributed by atoms with Crippen molar-refractivity contribution in [1.29, 1.82) is 0 Å². The van der Waals surface area contributed by atoms with Gasteiger partial charge in [0.25, 0.3) is 5.56 Å². The van der Waals surface area contributed by atoms with E-state index in [4.69, 9.17) is 16.7 Å². The van der Waals surface area contributed by atoms with Crippen LogP contribution < -0.4 is 5.56 Å². The van der Waals surface area contributed by atoms with Gasteiger partial charge >= 0.3 is 0 Å². The Balaban J connectivity index is 2.10. The van der Waals surface area contributed by atoms with Crippen molar-refractivity contribution in [2.45, 2.75) is 20.0 Å². The molecular formula is C12H11N5O2S2. The van der Waals surface area contributed by atoms with E-state index in [1.165, 1.54) is 22.2 Å². The Morgan fingerprint density at radius 3 is 3.05 bits per heavy atom. The molecule has 0 amide bonds. The van der Waals surface area contributed by atoms with Crippen molar-refractivity contribution < 1.29 is 4.52 Å². The van der Waals surface area contributed by atoms with E-state index in [2.05, 4.69) is 21.7 Å². The summed E-state index contributed by atoms with van der Waals surface area (Å²) in [5, 5.41) is 3.70. The second kappa shape index (κ2) is 5.34. The fraction of sp³-hybridized carbons (Fsp3) is 0.250. The van der Waals surface area contributed by atoms with Gasteiger partial charge in [-0.2, -0.15) is 4.98 Å². The Bertz CT molecular complexity index is 933. The van der Waals surface area contributed by atoms with Crippen molar-refractivity contribution in [1.82, 2.24) is 24.3 Å². The third-order valence-corrected chi connectivity index (χ3v) is 4.26. The minimum atomic E-state index is -0.172. The van der Waals surface area contributed by atoms with Gasteiger partial charge in [-0.3, -0.25) is 9.36 Å². The molecule has 0 aromatic carbocycles. The molecule has 0 saturated heterocycles. The summed E-state index contributed by atoms with van der Waals surface area (Å²) >= 11 is 6.50. The van der Waals surface area contributed by atoms with Gasteiger partial charge in [-0.25, -0.2) is 4.98 Å². The summed E-state index contributed by atoms with van der Waals surface area (Å²) in [6.07, 6.45) is 3.18. The molecule has 7 nitrogen and oxygen atoms in total. The van der Waals surface area contributed by atoms with Gasteiger partial charge in [-0.1, -0.05) is 22.6 Å². The lowest BCUT2D eigenvalue weighted by molar-refractivity contribution is 0.366. The lowest BCUT2D eigenvalue weighted by Crippen LogP contribution is -2.21. The van der Waals surface area contributed by atoms with Gasteiger partial charge in [0.15, 0.2) is 15.4 Å². The maximum absolute atomic E-state index is 12.5. The molecule has 0 saturated carbocycles. The molecule has 0 radical (unpaired) electrons. The van der Waals surface area contributed by atoms with Gasteiger partial charge in [0.2, 0.25) is 5.89 Å². The van der Waals surface area contributed by atoms with Crippen molar-refractivity contribution >= 4 is 33.9 Å². The van der Waals surface area contributed by atoms with Crippen LogP contribution in [0.4, 0.5) is 0 Å². The molecule has 0 atom stereocenters. The van der Waals surface area contributed by atoms with E-state index in [1.54, 1.807) is 17.6 Å². The molecule has 0 fully saturated rings. The zero-order chi connectivity index (χ0) is 15.0. The lowest BCUT2D eigenvalue weighted by Gasteiger charge is -2.02. The molecule has 0 aliphatic heterocycles. The number of aromatic nitrogens is 5. The van der Waals surface area contributed by atoms with Crippen LogP contribution in [0.3, 0.4) is 0 Å². The number of rotatable bonds is 4. The number of hydrogen-bond acceptors (Lipinski definition) is 7. The van der Waals surface area contributed by atoms with Crippen molar-refractivity contribution in [3.05, 3.63) is 45.0 Å². The van der Waals surface area contributed by atoms with E-state index in [9.17, 15) is 4.79 Å². The Labute approximate surface area is 128 Å². The molecule has 0 spiro atoms. The Morgan fingerprint density at radius 1 is 1.57 bits per heavy atom. The van der Waals surface area contributed by atoms with E-state index in [0.717, 1.165) is 0 Å². The van der Waals surface area contributed by atoms with Crippen molar-refractivity contribution in [3.8, 4) is 0 Å². The number of nitrogens with zero attached hydrogens (tertiary/aromatic N) is 5. The average molecular weight is 321 g/mol. The predicted octanol–water partition coefficient (Wildman–Crippen LogP) is 1.91. The summed E-state index contributed by atoms with van der Waals surface area (Å²) < 4.78 is 9.34. The van der Waals surface area contributed by atoms with Crippen molar-refractivity contribution in [2.75, 3.05) is 0 Å². The maximum Gasteiger partial charge on any atom is 0.273 e. The van der Waals surface area contributed by atoms with Gasteiger partial charge in [0.1, 0.15) is 17.6 Å². The average Bonchev–Trinajstić information content (AvgIpc) is 2.99. The van der Waals surface area contributed by atoms with Gasteiger partial charge < -0.3 is 9.09 Å². The van der Waals surface area contributed by atoms with Crippen LogP contribution in [0.5, 0.6) is 0 Å². The number of aryl methyl sites for hydroxylation is 1. The Morgan fingerprint density at radius 2 is 2.38 bits per heavy atom. The summed E-state index contributed by atoms with van der Waals surface area (Å²) in [7, 11) is 0. The molecule has 0 aliphatic rings. The molecule has 3 heterocycles. The standard InChI is InChI=1S/C12H11N5O2S2/c1-3-4-17-10-9(21-12(17)20)11(18)16(6-13-10)5-8-14-7(2)15-19-8/h3,6H,1,4-5H2,2H3. The van der Waals surface area contributed by atoms with Gasteiger partial charge in [-0.15, -0.1) is 6.58 Å². The van der Waals surface area contributed by atoms with Crippen LogP contribution in [0, 0.1) is 10.9 Å². The molecule has 0 N–H and O–H groups in total. The predicted molar refractivity (Wildman–Crippen MR) is 81.0 cm³/mol. The van der Waals surface area contributed by atoms with Crippen LogP contribution in [-0.2, 0) is 13.1 Å². The molecule has 108 valence electrons. The minimum absolute atomic E-state index is 0.172. The third kappa shape index (κ3) is 2.45. The minimum Gasteiger partial charge on any atom is -0.337 e. The first-order chi connectivity index (χ1) is 10.1. The lowest BCUT2D eigenvalue weighted by atomic mass is 10.5. The summed E-state index contributed by atoms with van der Waals surface area (Å²) in [4.78, 5) is 20.9. The first-order valence-electron chi connectivity index (χ1n) is 6.09. The third-order valence-electron chi connectivity index (χ3n) is 2.83. The highest BCUT2D eigenvalue weighted by atomic mass is 32.1. The van der Waals surface area contributed by atoms with Crippen LogP contribution >= 0.6 is 23.6 Å². The Hall–Kier alpha value is -2.13. The molecule has 0 bridgehead atoms. The van der Waals surface area contributed by atoms with E-state index in [1.807, 2.05) is 0 Å². The van der Waals surface area contributed by atoms with Crippen molar-refractivity contribution in [2.24, 2.45) is 0 Å². The van der Waals surface area contributed by atoms with E-state index in [-0.39, 0.29) is 12.1 Å². The highest BCUT2D eigenvalue weighted by molar-refractivity contribution is 7.73. The Kier molecular flexibility index (Phi) is 3.52. The number of allylic oxidation sites excluding steroid dienone is 1. The first-order valence-corrected chi connectivity index (χ1v) is 7.31. The van der Waals surface area contributed by atoms with Crippen LogP contribution in [0.25, 0.3) is 10.3 Å². The zero-order valence-electron chi connectivity index (χ0n) is 11.1. The molecule has 0 unspecified atom stereocenters.